The van der Waals surface area contributed by atoms with E-state index in [1.807, 2.05) is 58.1 Å². The standard InChI is InChI=1S/C32H41N5O2/c1-4-5-18-36-30(31(38)33-29(32(36)39)21-25-12-8-6-9-13-25)26-16-19-35(20-17-26)22-28-23(2)34-37(24(28)3)27-14-10-7-11-15-27/h6-15,26,29-30H,4-5,16-22H2,1-3H3,(H,33,38)/t29-,30-/m0/s1. The number of para-hydroxylation sites is 1. The number of rotatable bonds is 9. The first-order chi connectivity index (χ1) is 19.0. The highest BCUT2D eigenvalue weighted by molar-refractivity contribution is 5.97. The molecule has 2 amide bonds. The van der Waals surface area contributed by atoms with Gasteiger partial charge in [0.1, 0.15) is 12.1 Å². The summed E-state index contributed by atoms with van der Waals surface area (Å²) in [6.45, 7) is 9.68. The number of piperidine rings is 1. The number of hydrogen-bond donors (Lipinski definition) is 1. The van der Waals surface area contributed by atoms with Crippen molar-refractivity contribution in [2.45, 2.75) is 71.5 Å². The minimum Gasteiger partial charge on any atom is -0.342 e. The van der Waals surface area contributed by atoms with Gasteiger partial charge in [0.15, 0.2) is 0 Å². The molecule has 3 heterocycles. The number of hydrogen-bond acceptors (Lipinski definition) is 4. The van der Waals surface area contributed by atoms with Crippen molar-refractivity contribution in [3.8, 4) is 5.69 Å². The number of piperazine rings is 1. The van der Waals surface area contributed by atoms with Gasteiger partial charge in [0, 0.05) is 30.8 Å². The van der Waals surface area contributed by atoms with E-state index in [0.717, 1.165) is 62.3 Å². The van der Waals surface area contributed by atoms with E-state index in [1.54, 1.807) is 0 Å². The van der Waals surface area contributed by atoms with E-state index in [-0.39, 0.29) is 23.8 Å². The topological polar surface area (TPSA) is 70.5 Å². The van der Waals surface area contributed by atoms with Gasteiger partial charge in [-0.1, -0.05) is 61.9 Å². The third-order valence-corrected chi connectivity index (χ3v) is 8.44. The van der Waals surface area contributed by atoms with Crippen LogP contribution in [0.3, 0.4) is 0 Å². The van der Waals surface area contributed by atoms with Crippen molar-refractivity contribution in [3.05, 3.63) is 83.2 Å². The Morgan fingerprint density at radius 1 is 0.949 bits per heavy atom. The number of benzene rings is 2. The quantitative estimate of drug-likeness (QED) is 0.447. The number of nitrogens with zero attached hydrogens (tertiary/aromatic N) is 4. The molecule has 0 aliphatic carbocycles. The molecule has 7 heteroatoms. The summed E-state index contributed by atoms with van der Waals surface area (Å²) >= 11 is 0. The molecule has 2 aliphatic rings. The summed E-state index contributed by atoms with van der Waals surface area (Å²) < 4.78 is 2.03. The lowest BCUT2D eigenvalue weighted by atomic mass is 9.85. The first-order valence-electron chi connectivity index (χ1n) is 14.4. The minimum atomic E-state index is -0.486. The van der Waals surface area contributed by atoms with Gasteiger partial charge in [0.05, 0.1) is 11.4 Å². The number of aromatic nitrogens is 2. The molecule has 2 aromatic carbocycles. The minimum absolute atomic E-state index is 0.0147. The first-order valence-corrected chi connectivity index (χ1v) is 14.4. The van der Waals surface area contributed by atoms with Crippen molar-refractivity contribution in [1.29, 1.82) is 0 Å². The molecule has 0 radical (unpaired) electrons. The van der Waals surface area contributed by atoms with Crippen LogP contribution >= 0.6 is 0 Å². The van der Waals surface area contributed by atoms with Crippen molar-refractivity contribution >= 4 is 11.8 Å². The van der Waals surface area contributed by atoms with Gasteiger partial charge in [-0.15, -0.1) is 0 Å². The Morgan fingerprint density at radius 2 is 1.62 bits per heavy atom. The van der Waals surface area contributed by atoms with E-state index in [4.69, 9.17) is 5.10 Å². The van der Waals surface area contributed by atoms with Crippen LogP contribution in [-0.2, 0) is 22.6 Å². The fraction of sp³-hybridized carbons (Fsp3) is 0.469. The lowest BCUT2D eigenvalue weighted by Crippen LogP contribution is -2.66. The Hall–Kier alpha value is -3.45. The molecule has 39 heavy (non-hydrogen) atoms. The van der Waals surface area contributed by atoms with Crippen molar-refractivity contribution in [1.82, 2.24) is 24.9 Å². The molecule has 206 valence electrons. The summed E-state index contributed by atoms with van der Waals surface area (Å²) in [5.41, 5.74) is 5.66. The van der Waals surface area contributed by atoms with E-state index in [0.29, 0.717) is 13.0 Å². The lowest BCUT2D eigenvalue weighted by Gasteiger charge is -2.45. The van der Waals surface area contributed by atoms with E-state index >= 15 is 0 Å². The Bertz CT molecular complexity index is 1260. The maximum Gasteiger partial charge on any atom is 0.246 e. The molecule has 1 N–H and O–H groups in total. The third kappa shape index (κ3) is 5.93. The van der Waals surface area contributed by atoms with E-state index in [9.17, 15) is 9.59 Å². The van der Waals surface area contributed by atoms with Crippen LogP contribution in [0.15, 0.2) is 60.7 Å². The number of unbranched alkanes of at least 4 members (excludes halogenated alkanes) is 1. The van der Waals surface area contributed by atoms with Crippen molar-refractivity contribution < 1.29 is 9.59 Å². The van der Waals surface area contributed by atoms with Gasteiger partial charge in [-0.05, 0) is 69.8 Å². The van der Waals surface area contributed by atoms with Gasteiger partial charge >= 0.3 is 0 Å². The molecule has 2 aliphatic heterocycles. The smallest absolute Gasteiger partial charge is 0.246 e. The van der Waals surface area contributed by atoms with Gasteiger partial charge in [-0.25, -0.2) is 4.68 Å². The molecule has 1 aromatic heterocycles. The van der Waals surface area contributed by atoms with Crippen LogP contribution in [0.1, 0.15) is 55.1 Å². The van der Waals surface area contributed by atoms with Gasteiger partial charge < -0.3 is 10.2 Å². The van der Waals surface area contributed by atoms with Crippen LogP contribution in [0.2, 0.25) is 0 Å². The molecule has 2 fully saturated rings. The van der Waals surface area contributed by atoms with Crippen LogP contribution in [0.25, 0.3) is 5.69 Å². The fourth-order valence-electron chi connectivity index (χ4n) is 6.21. The highest BCUT2D eigenvalue weighted by atomic mass is 16.2. The monoisotopic (exact) mass is 527 g/mol. The molecule has 5 rings (SSSR count). The van der Waals surface area contributed by atoms with Crippen LogP contribution in [0.5, 0.6) is 0 Å². The lowest BCUT2D eigenvalue weighted by molar-refractivity contribution is -0.152. The Morgan fingerprint density at radius 3 is 2.28 bits per heavy atom. The Kier molecular flexibility index (Phi) is 8.46. The zero-order valence-corrected chi connectivity index (χ0v) is 23.5. The van der Waals surface area contributed by atoms with Gasteiger partial charge in [-0.2, -0.15) is 5.10 Å². The van der Waals surface area contributed by atoms with E-state index < -0.39 is 6.04 Å². The second kappa shape index (κ2) is 12.2. The molecule has 0 unspecified atom stereocenters. The largest absolute Gasteiger partial charge is 0.342 e. The maximum atomic E-state index is 13.6. The number of carbonyl (C=O) groups is 2. The summed E-state index contributed by atoms with van der Waals surface area (Å²) in [6, 6.07) is 19.4. The fourth-order valence-corrected chi connectivity index (χ4v) is 6.21. The molecule has 2 saturated heterocycles. The summed E-state index contributed by atoms with van der Waals surface area (Å²) in [7, 11) is 0. The van der Waals surface area contributed by atoms with E-state index in [1.165, 1.54) is 11.3 Å². The zero-order chi connectivity index (χ0) is 27.4. The molecule has 0 bridgehead atoms. The molecule has 0 saturated carbocycles. The van der Waals surface area contributed by atoms with Crippen LogP contribution < -0.4 is 5.32 Å². The van der Waals surface area contributed by atoms with Crippen molar-refractivity contribution in [3.63, 3.8) is 0 Å². The second-order valence-corrected chi connectivity index (χ2v) is 11.1. The molecule has 0 spiro atoms. The number of nitrogens with one attached hydrogen (secondary N) is 1. The third-order valence-electron chi connectivity index (χ3n) is 8.44. The van der Waals surface area contributed by atoms with Gasteiger partial charge in [-0.3, -0.25) is 14.5 Å². The van der Waals surface area contributed by atoms with Gasteiger partial charge in [0.25, 0.3) is 0 Å². The molecule has 7 nitrogen and oxygen atoms in total. The zero-order valence-electron chi connectivity index (χ0n) is 23.5. The maximum absolute atomic E-state index is 13.6. The number of carbonyl (C=O) groups excluding carboxylic acids is 2. The summed E-state index contributed by atoms with van der Waals surface area (Å²) in [5, 5.41) is 7.92. The predicted octanol–water partition coefficient (Wildman–Crippen LogP) is 4.44. The normalized spacial score (nSPS) is 20.8. The molecule has 2 atom stereocenters. The molecule has 3 aromatic rings. The Balaban J connectivity index is 1.25. The van der Waals surface area contributed by atoms with Gasteiger partial charge in [0.2, 0.25) is 11.8 Å². The highest BCUT2D eigenvalue weighted by Gasteiger charge is 2.44. The molecular weight excluding hydrogens is 486 g/mol. The summed E-state index contributed by atoms with van der Waals surface area (Å²) in [6.07, 6.45) is 4.25. The average Bonchev–Trinajstić information content (AvgIpc) is 3.24. The van der Waals surface area contributed by atoms with Crippen LogP contribution in [-0.4, -0.2) is 63.1 Å². The van der Waals surface area contributed by atoms with E-state index in [2.05, 4.69) is 43.1 Å². The first kappa shape index (κ1) is 27.1. The molecular formula is C32H41N5O2. The number of likely N-dealkylation sites (tertiary alicyclic amines) is 1. The highest BCUT2D eigenvalue weighted by Crippen LogP contribution is 2.30. The SMILES string of the molecule is CCCCN1C(=O)[C@H](Cc2ccccc2)NC(=O)[C@@H]1C1CCN(Cc2c(C)nn(-c3ccccc3)c2C)CC1. The number of aryl methyl sites for hydroxylation is 1. The second-order valence-electron chi connectivity index (χ2n) is 11.1. The Labute approximate surface area is 232 Å². The summed E-state index contributed by atoms with van der Waals surface area (Å²) in [5.74, 6) is 0.258. The number of amides is 2. The summed E-state index contributed by atoms with van der Waals surface area (Å²) in [4.78, 5) is 31.5. The predicted molar refractivity (Wildman–Crippen MR) is 154 cm³/mol. The average molecular weight is 528 g/mol. The van der Waals surface area contributed by atoms with Crippen LogP contribution in [0, 0.1) is 19.8 Å². The van der Waals surface area contributed by atoms with Crippen LogP contribution in [0.4, 0.5) is 0 Å². The van der Waals surface area contributed by atoms with Crippen molar-refractivity contribution in [2.75, 3.05) is 19.6 Å². The van der Waals surface area contributed by atoms with Crippen molar-refractivity contribution in [2.24, 2.45) is 5.92 Å².